The number of halogens is 3. The van der Waals surface area contributed by atoms with Crippen molar-refractivity contribution in [2.45, 2.75) is 33.2 Å². The molecule has 1 aromatic carbocycles. The molecule has 90 valence electrons. The Kier molecular flexibility index (Phi) is 4.88. The molecular weight excluding hydrogens is 248 g/mol. The molecule has 4 heteroatoms. The molecule has 0 aliphatic rings. The van der Waals surface area contributed by atoms with Crippen molar-refractivity contribution in [2.24, 2.45) is 5.92 Å². The highest BCUT2D eigenvalue weighted by molar-refractivity contribution is 6.35. The maximum absolute atomic E-state index is 13.2. The Bertz CT molecular complexity index is 343. The van der Waals surface area contributed by atoms with E-state index in [4.69, 9.17) is 23.2 Å². The predicted molar refractivity (Wildman–Crippen MR) is 69.0 cm³/mol. The molecule has 0 aliphatic carbocycles. The van der Waals surface area contributed by atoms with Gasteiger partial charge < -0.3 is 5.32 Å². The van der Waals surface area contributed by atoms with Crippen molar-refractivity contribution in [2.75, 3.05) is 5.32 Å². The van der Waals surface area contributed by atoms with Crippen LogP contribution in [0.3, 0.4) is 0 Å². The molecule has 1 unspecified atom stereocenters. The van der Waals surface area contributed by atoms with Crippen LogP contribution in [0.1, 0.15) is 27.2 Å². The van der Waals surface area contributed by atoms with E-state index in [9.17, 15) is 4.39 Å². The van der Waals surface area contributed by atoms with E-state index in [2.05, 4.69) is 26.1 Å². The molecular formula is C12H16Cl2FN. The topological polar surface area (TPSA) is 12.0 Å². The number of rotatable bonds is 4. The molecule has 1 nitrogen and oxygen atoms in total. The van der Waals surface area contributed by atoms with Gasteiger partial charge in [-0.2, -0.15) is 0 Å². The van der Waals surface area contributed by atoms with Crippen LogP contribution >= 0.6 is 23.2 Å². The summed E-state index contributed by atoms with van der Waals surface area (Å²) >= 11 is 11.5. The molecule has 1 atom stereocenters. The van der Waals surface area contributed by atoms with Crippen LogP contribution in [-0.2, 0) is 0 Å². The average molecular weight is 264 g/mol. The number of hydrogen-bond donors (Lipinski definition) is 1. The highest BCUT2D eigenvalue weighted by atomic mass is 35.5. The Balaban J connectivity index is 2.89. The van der Waals surface area contributed by atoms with Crippen molar-refractivity contribution in [3.05, 3.63) is 28.0 Å². The molecule has 0 amide bonds. The van der Waals surface area contributed by atoms with Crippen LogP contribution in [0.15, 0.2) is 12.1 Å². The number of benzene rings is 1. The van der Waals surface area contributed by atoms with Gasteiger partial charge in [0.05, 0.1) is 10.0 Å². The fourth-order valence-corrected chi connectivity index (χ4v) is 2.08. The van der Waals surface area contributed by atoms with Crippen LogP contribution in [0, 0.1) is 11.7 Å². The first kappa shape index (κ1) is 13.6. The van der Waals surface area contributed by atoms with Gasteiger partial charge in [0.15, 0.2) is 5.82 Å². The van der Waals surface area contributed by atoms with E-state index in [1.807, 2.05) is 0 Å². The van der Waals surface area contributed by atoms with E-state index in [-0.39, 0.29) is 10.0 Å². The summed E-state index contributed by atoms with van der Waals surface area (Å²) < 4.78 is 13.2. The third-order valence-electron chi connectivity index (χ3n) is 2.58. The number of hydrogen-bond acceptors (Lipinski definition) is 1. The summed E-state index contributed by atoms with van der Waals surface area (Å²) in [6.45, 7) is 6.37. The highest BCUT2D eigenvalue weighted by Gasteiger charge is 2.13. The van der Waals surface area contributed by atoms with E-state index >= 15 is 0 Å². The van der Waals surface area contributed by atoms with Gasteiger partial charge in [-0.3, -0.25) is 0 Å². The minimum atomic E-state index is -0.563. The lowest BCUT2D eigenvalue weighted by molar-refractivity contribution is 0.511. The van der Waals surface area contributed by atoms with E-state index in [1.165, 1.54) is 0 Å². The van der Waals surface area contributed by atoms with Crippen LogP contribution in [0.4, 0.5) is 10.1 Å². The molecule has 0 radical (unpaired) electrons. The zero-order valence-electron chi connectivity index (χ0n) is 9.65. The zero-order valence-corrected chi connectivity index (χ0v) is 11.2. The normalized spacial score (nSPS) is 12.9. The monoisotopic (exact) mass is 263 g/mol. The smallest absolute Gasteiger partial charge is 0.160 e. The van der Waals surface area contributed by atoms with Crippen LogP contribution in [0.5, 0.6) is 0 Å². The van der Waals surface area contributed by atoms with Crippen LogP contribution in [0.25, 0.3) is 0 Å². The highest BCUT2D eigenvalue weighted by Crippen LogP contribution is 2.28. The summed E-state index contributed by atoms with van der Waals surface area (Å²) in [6, 6.07) is 3.46. The lowest BCUT2D eigenvalue weighted by atomic mass is 10.0. The lowest BCUT2D eigenvalue weighted by Crippen LogP contribution is -2.24. The zero-order chi connectivity index (χ0) is 12.3. The van der Waals surface area contributed by atoms with Gasteiger partial charge in [0.2, 0.25) is 0 Å². The maximum Gasteiger partial charge on any atom is 0.160 e. The third-order valence-corrected chi connectivity index (χ3v) is 3.13. The molecule has 0 saturated carbocycles. The Labute approximate surface area is 106 Å². The second-order valence-electron chi connectivity index (χ2n) is 4.16. The molecule has 0 bridgehead atoms. The van der Waals surface area contributed by atoms with Crippen molar-refractivity contribution in [3.63, 3.8) is 0 Å². The van der Waals surface area contributed by atoms with E-state index < -0.39 is 5.82 Å². The van der Waals surface area contributed by atoms with Crippen LogP contribution < -0.4 is 5.32 Å². The summed E-state index contributed by atoms with van der Waals surface area (Å²) in [5, 5.41) is 3.40. The van der Waals surface area contributed by atoms with Gasteiger partial charge in [0.25, 0.3) is 0 Å². The molecule has 0 spiro atoms. The molecule has 0 saturated heterocycles. The molecule has 0 aromatic heterocycles. The second kappa shape index (κ2) is 5.74. The summed E-state index contributed by atoms with van der Waals surface area (Å²) in [7, 11) is 0. The Morgan fingerprint density at radius 1 is 1.25 bits per heavy atom. The summed E-state index contributed by atoms with van der Waals surface area (Å²) in [4.78, 5) is 0. The fraction of sp³-hybridized carbons (Fsp3) is 0.500. The first-order chi connectivity index (χ1) is 7.45. The molecule has 0 fully saturated rings. The van der Waals surface area contributed by atoms with Gasteiger partial charge in [-0.05, 0) is 24.5 Å². The van der Waals surface area contributed by atoms with E-state index in [0.717, 1.165) is 12.1 Å². The quantitative estimate of drug-likeness (QED) is 0.756. The summed E-state index contributed by atoms with van der Waals surface area (Å²) in [5.74, 6) is -0.0703. The first-order valence-corrected chi connectivity index (χ1v) is 6.12. The number of nitrogens with one attached hydrogen (secondary N) is 1. The van der Waals surface area contributed by atoms with Gasteiger partial charge in [0.1, 0.15) is 0 Å². The van der Waals surface area contributed by atoms with Crippen LogP contribution in [-0.4, -0.2) is 6.04 Å². The molecule has 16 heavy (non-hydrogen) atoms. The number of anilines is 1. The van der Waals surface area contributed by atoms with Gasteiger partial charge in [-0.25, -0.2) is 4.39 Å². The lowest BCUT2D eigenvalue weighted by Gasteiger charge is -2.22. The van der Waals surface area contributed by atoms with E-state index in [1.54, 1.807) is 12.1 Å². The van der Waals surface area contributed by atoms with Crippen molar-refractivity contribution < 1.29 is 4.39 Å². The molecule has 1 rings (SSSR count). The van der Waals surface area contributed by atoms with Gasteiger partial charge >= 0.3 is 0 Å². The largest absolute Gasteiger partial charge is 0.382 e. The van der Waals surface area contributed by atoms with Crippen molar-refractivity contribution in [1.82, 2.24) is 0 Å². The van der Waals surface area contributed by atoms with Gasteiger partial charge in [-0.1, -0.05) is 44.0 Å². The molecule has 1 aromatic rings. The minimum Gasteiger partial charge on any atom is -0.382 e. The van der Waals surface area contributed by atoms with Crippen molar-refractivity contribution in [1.29, 1.82) is 0 Å². The maximum atomic E-state index is 13.2. The third kappa shape index (κ3) is 3.26. The first-order valence-electron chi connectivity index (χ1n) is 5.36. The van der Waals surface area contributed by atoms with E-state index in [0.29, 0.717) is 12.0 Å². The Hall–Kier alpha value is -0.470. The standard InChI is InChI=1S/C12H16Cl2FN/c1-4-11(7(2)3)16-8-5-9(13)12(15)10(14)6-8/h5-7,11,16H,4H2,1-3H3. The molecule has 0 aliphatic heterocycles. The van der Waals surface area contributed by atoms with Crippen LogP contribution in [0.2, 0.25) is 10.0 Å². The summed E-state index contributed by atoms with van der Waals surface area (Å²) in [5.41, 5.74) is 0.761. The minimum absolute atomic E-state index is 0.0496. The second-order valence-corrected chi connectivity index (χ2v) is 4.97. The van der Waals surface area contributed by atoms with Gasteiger partial charge in [-0.15, -0.1) is 0 Å². The van der Waals surface area contributed by atoms with Gasteiger partial charge in [0, 0.05) is 11.7 Å². The van der Waals surface area contributed by atoms with Crippen molar-refractivity contribution >= 4 is 28.9 Å². The SMILES string of the molecule is CCC(Nc1cc(Cl)c(F)c(Cl)c1)C(C)C. The Morgan fingerprint density at radius 2 is 1.75 bits per heavy atom. The predicted octanol–water partition coefficient (Wildman–Crippen LogP) is 4.98. The van der Waals surface area contributed by atoms with Crippen molar-refractivity contribution in [3.8, 4) is 0 Å². The Morgan fingerprint density at radius 3 is 2.12 bits per heavy atom. The summed E-state index contributed by atoms with van der Waals surface area (Å²) in [6.07, 6.45) is 0.990. The molecule has 0 heterocycles. The molecule has 1 N–H and O–H groups in total. The average Bonchev–Trinajstić information content (AvgIpc) is 2.21. The fourth-order valence-electron chi connectivity index (χ4n) is 1.59.